The second-order valence-corrected chi connectivity index (χ2v) is 5.28. The van der Waals surface area contributed by atoms with E-state index in [1.54, 1.807) is 19.4 Å². The molecule has 0 bridgehead atoms. The van der Waals surface area contributed by atoms with E-state index in [9.17, 15) is 4.79 Å². The van der Waals surface area contributed by atoms with Crippen molar-refractivity contribution in [3.05, 3.63) is 16.7 Å². The lowest BCUT2D eigenvalue weighted by atomic mass is 10.1. The fraction of sp³-hybridized carbons (Fsp3) is 0.538. The van der Waals surface area contributed by atoms with E-state index in [-0.39, 0.29) is 12.0 Å². The summed E-state index contributed by atoms with van der Waals surface area (Å²) in [6.07, 6.45) is 5.20. The van der Waals surface area contributed by atoms with E-state index in [0.717, 1.165) is 30.3 Å². The highest BCUT2D eigenvalue weighted by Gasteiger charge is 2.17. The van der Waals surface area contributed by atoms with Gasteiger partial charge in [-0.3, -0.25) is 4.79 Å². The van der Waals surface area contributed by atoms with Crippen molar-refractivity contribution in [1.29, 1.82) is 0 Å². The zero-order chi connectivity index (χ0) is 13.7. The summed E-state index contributed by atoms with van der Waals surface area (Å²) in [4.78, 5) is 15.9. The number of hydrogen-bond donors (Lipinski definition) is 1. The molecule has 1 saturated heterocycles. The minimum atomic E-state index is -0.0487. The van der Waals surface area contributed by atoms with Crippen molar-refractivity contribution in [3.63, 3.8) is 0 Å². The molecule has 2 rings (SSSR count). The second-order valence-electron chi connectivity index (χ2n) is 4.43. The van der Waals surface area contributed by atoms with E-state index in [1.807, 2.05) is 0 Å². The fourth-order valence-corrected chi connectivity index (χ4v) is 2.39. The summed E-state index contributed by atoms with van der Waals surface area (Å²) >= 11 is 3.32. The first-order valence-corrected chi connectivity index (χ1v) is 7.09. The van der Waals surface area contributed by atoms with E-state index < -0.39 is 0 Å². The summed E-state index contributed by atoms with van der Waals surface area (Å²) in [6.45, 7) is 0.817. The van der Waals surface area contributed by atoms with Crippen molar-refractivity contribution in [2.45, 2.75) is 31.8 Å². The molecule has 2 heterocycles. The number of anilines is 1. The number of rotatable bonds is 5. The van der Waals surface area contributed by atoms with Crippen LogP contribution in [0.4, 0.5) is 5.82 Å². The first-order chi connectivity index (χ1) is 9.19. The normalized spacial score (nSPS) is 18.3. The van der Waals surface area contributed by atoms with Gasteiger partial charge in [-0.05, 0) is 35.2 Å². The number of aromatic nitrogens is 1. The first-order valence-electron chi connectivity index (χ1n) is 6.30. The smallest absolute Gasteiger partial charge is 0.225 e. The Hall–Kier alpha value is -1.14. The van der Waals surface area contributed by atoms with Crippen LogP contribution in [0, 0.1) is 0 Å². The van der Waals surface area contributed by atoms with Crippen LogP contribution in [0.25, 0.3) is 0 Å². The maximum atomic E-state index is 11.8. The number of halogens is 1. The van der Waals surface area contributed by atoms with E-state index in [0.29, 0.717) is 18.0 Å². The summed E-state index contributed by atoms with van der Waals surface area (Å²) < 4.78 is 11.4. The molecule has 1 aromatic heterocycles. The molecule has 1 fully saturated rings. The Bertz CT molecular complexity index is 448. The Kier molecular flexibility index (Phi) is 5.15. The van der Waals surface area contributed by atoms with Gasteiger partial charge in [0.1, 0.15) is 11.6 Å². The van der Waals surface area contributed by atoms with Crippen LogP contribution in [0.2, 0.25) is 0 Å². The Morgan fingerprint density at radius 1 is 1.68 bits per heavy atom. The van der Waals surface area contributed by atoms with Gasteiger partial charge < -0.3 is 14.8 Å². The summed E-state index contributed by atoms with van der Waals surface area (Å²) in [7, 11) is 1.57. The van der Waals surface area contributed by atoms with Gasteiger partial charge in [0.2, 0.25) is 5.91 Å². The molecule has 1 aliphatic rings. The van der Waals surface area contributed by atoms with E-state index in [4.69, 9.17) is 9.47 Å². The summed E-state index contributed by atoms with van der Waals surface area (Å²) in [5.74, 6) is 1.09. The molecule has 0 radical (unpaired) electrons. The predicted molar refractivity (Wildman–Crippen MR) is 75.3 cm³/mol. The molecule has 1 aliphatic heterocycles. The predicted octanol–water partition coefficient (Wildman–Crippen LogP) is 2.75. The van der Waals surface area contributed by atoms with Crippen molar-refractivity contribution >= 4 is 27.7 Å². The first kappa shape index (κ1) is 14.3. The monoisotopic (exact) mass is 328 g/mol. The largest absolute Gasteiger partial charge is 0.495 e. The molecular formula is C13H17BrN2O3. The zero-order valence-electron chi connectivity index (χ0n) is 10.8. The van der Waals surface area contributed by atoms with Crippen LogP contribution in [0.1, 0.15) is 25.7 Å². The lowest BCUT2D eigenvalue weighted by Crippen LogP contribution is -2.16. The molecule has 104 valence electrons. The molecule has 1 amide bonds. The average Bonchev–Trinajstić information content (AvgIpc) is 2.92. The van der Waals surface area contributed by atoms with Crippen LogP contribution in [0.15, 0.2) is 16.7 Å². The van der Waals surface area contributed by atoms with Crippen LogP contribution in [0.5, 0.6) is 5.75 Å². The van der Waals surface area contributed by atoms with Crippen molar-refractivity contribution in [2.75, 3.05) is 19.0 Å². The number of nitrogens with one attached hydrogen (secondary N) is 1. The minimum Gasteiger partial charge on any atom is -0.495 e. The Labute approximate surface area is 120 Å². The van der Waals surface area contributed by atoms with Gasteiger partial charge in [0.05, 0.1) is 17.7 Å². The van der Waals surface area contributed by atoms with Crippen LogP contribution in [0.3, 0.4) is 0 Å². The molecule has 0 aromatic carbocycles. The maximum absolute atomic E-state index is 11.8. The van der Waals surface area contributed by atoms with Crippen molar-refractivity contribution < 1.29 is 14.3 Å². The Morgan fingerprint density at radius 3 is 3.21 bits per heavy atom. The highest BCUT2D eigenvalue weighted by atomic mass is 79.9. The van der Waals surface area contributed by atoms with E-state index >= 15 is 0 Å². The van der Waals surface area contributed by atoms with Crippen LogP contribution in [-0.4, -0.2) is 30.7 Å². The number of ether oxygens (including phenoxy) is 2. The van der Waals surface area contributed by atoms with E-state index in [1.165, 1.54) is 0 Å². The SMILES string of the molecule is COc1cc(NC(=O)CC[C@H]2CCCO2)ncc1Br. The number of carbonyl (C=O) groups is 1. The molecule has 19 heavy (non-hydrogen) atoms. The van der Waals surface area contributed by atoms with Gasteiger partial charge in [-0.1, -0.05) is 0 Å². The van der Waals surface area contributed by atoms with Crippen molar-refractivity contribution in [3.8, 4) is 5.75 Å². The van der Waals surface area contributed by atoms with Crippen molar-refractivity contribution in [1.82, 2.24) is 4.98 Å². The van der Waals surface area contributed by atoms with Crippen LogP contribution in [-0.2, 0) is 9.53 Å². The lowest BCUT2D eigenvalue weighted by molar-refractivity contribution is -0.116. The minimum absolute atomic E-state index is 0.0487. The van der Waals surface area contributed by atoms with Gasteiger partial charge in [-0.2, -0.15) is 0 Å². The van der Waals surface area contributed by atoms with Gasteiger partial charge in [0, 0.05) is 25.3 Å². The molecule has 1 aromatic rings. The maximum Gasteiger partial charge on any atom is 0.225 e. The molecule has 1 atom stereocenters. The average molecular weight is 329 g/mol. The second kappa shape index (κ2) is 6.86. The quantitative estimate of drug-likeness (QED) is 0.902. The molecule has 5 nitrogen and oxygen atoms in total. The van der Waals surface area contributed by atoms with Gasteiger partial charge in [0.15, 0.2) is 0 Å². The van der Waals surface area contributed by atoms with Crippen LogP contribution < -0.4 is 10.1 Å². The Balaban J connectivity index is 1.84. The standard InChI is InChI=1S/C13H17BrN2O3/c1-18-11-7-12(15-8-10(11)14)16-13(17)5-4-9-3-2-6-19-9/h7-9H,2-6H2,1H3,(H,15,16,17)/t9-/m1/s1. The number of hydrogen-bond acceptors (Lipinski definition) is 4. The van der Waals surface area contributed by atoms with Gasteiger partial charge in [-0.25, -0.2) is 4.98 Å². The third kappa shape index (κ3) is 4.18. The molecular weight excluding hydrogens is 312 g/mol. The number of carbonyl (C=O) groups excluding carboxylic acids is 1. The summed E-state index contributed by atoms with van der Waals surface area (Å²) in [5.41, 5.74) is 0. The summed E-state index contributed by atoms with van der Waals surface area (Å²) in [5, 5.41) is 2.76. The molecule has 1 N–H and O–H groups in total. The van der Waals surface area contributed by atoms with Gasteiger partial charge in [0.25, 0.3) is 0 Å². The molecule has 0 saturated carbocycles. The summed E-state index contributed by atoms with van der Waals surface area (Å²) in [6, 6.07) is 1.69. The molecule has 6 heteroatoms. The zero-order valence-corrected chi connectivity index (χ0v) is 12.4. The Morgan fingerprint density at radius 2 is 2.53 bits per heavy atom. The number of nitrogens with zero attached hydrogens (tertiary/aromatic N) is 1. The lowest BCUT2D eigenvalue weighted by Gasteiger charge is -2.10. The third-order valence-electron chi connectivity index (χ3n) is 3.02. The van der Waals surface area contributed by atoms with Gasteiger partial charge >= 0.3 is 0 Å². The number of pyridine rings is 1. The number of methoxy groups -OCH3 is 1. The molecule has 0 unspecified atom stereocenters. The molecule has 0 aliphatic carbocycles. The van der Waals surface area contributed by atoms with Crippen molar-refractivity contribution in [2.24, 2.45) is 0 Å². The van der Waals surface area contributed by atoms with Crippen LogP contribution >= 0.6 is 15.9 Å². The van der Waals surface area contributed by atoms with E-state index in [2.05, 4.69) is 26.2 Å². The fourth-order valence-electron chi connectivity index (χ4n) is 2.01. The van der Waals surface area contributed by atoms with Gasteiger partial charge in [-0.15, -0.1) is 0 Å². The molecule has 0 spiro atoms. The highest BCUT2D eigenvalue weighted by molar-refractivity contribution is 9.10. The highest BCUT2D eigenvalue weighted by Crippen LogP contribution is 2.26. The topological polar surface area (TPSA) is 60.5 Å². The third-order valence-corrected chi connectivity index (χ3v) is 3.62. The number of amides is 1.